The highest BCUT2D eigenvalue weighted by atomic mass is 16.3. The Kier molecular flexibility index (Phi) is 7.54. The summed E-state index contributed by atoms with van der Waals surface area (Å²) < 4.78 is 0. The smallest absolute Gasteiger partial charge is 0.135 e. The minimum absolute atomic E-state index is 0.0547. The molecule has 0 fully saturated rings. The van der Waals surface area contributed by atoms with Crippen LogP contribution >= 0.6 is 0 Å². The second kappa shape index (κ2) is 7.95. The number of carbonyl (C=O) groups excluding carboxylic acids is 1. The van der Waals surface area contributed by atoms with Crippen molar-refractivity contribution in [2.75, 3.05) is 6.61 Å². The summed E-state index contributed by atoms with van der Waals surface area (Å²) >= 11 is 0. The molecule has 2 N–H and O–H groups in total. The Bertz CT molecular complexity index is 164. The average Bonchev–Trinajstić information content (AvgIpc) is 2.05. The van der Waals surface area contributed by atoms with Crippen LogP contribution in [-0.2, 0) is 4.79 Å². The quantitative estimate of drug-likeness (QED) is 0.584. The van der Waals surface area contributed by atoms with Gasteiger partial charge in [-0.15, -0.1) is 0 Å². The van der Waals surface area contributed by atoms with Crippen LogP contribution in [0.15, 0.2) is 12.2 Å². The maximum absolute atomic E-state index is 11.1. The maximum atomic E-state index is 11.1. The van der Waals surface area contributed by atoms with Crippen molar-refractivity contribution in [1.29, 1.82) is 0 Å². The van der Waals surface area contributed by atoms with Crippen LogP contribution in [-0.4, -0.2) is 28.7 Å². The van der Waals surface area contributed by atoms with Crippen molar-refractivity contribution < 1.29 is 15.0 Å². The van der Waals surface area contributed by atoms with Crippen LogP contribution in [0.2, 0.25) is 0 Å². The van der Waals surface area contributed by atoms with Crippen molar-refractivity contribution in [3.63, 3.8) is 0 Å². The van der Waals surface area contributed by atoms with Crippen molar-refractivity contribution in [1.82, 2.24) is 0 Å². The lowest BCUT2D eigenvalue weighted by atomic mass is 10.1. The number of carbonyl (C=O) groups is 1. The molecule has 0 rings (SSSR count). The minimum atomic E-state index is -0.678. The summed E-state index contributed by atoms with van der Waals surface area (Å²) in [5.41, 5.74) is 0. The van der Waals surface area contributed by atoms with Gasteiger partial charge in [0, 0.05) is 19.4 Å². The monoisotopic (exact) mass is 186 g/mol. The highest BCUT2D eigenvalue weighted by Gasteiger charge is 2.08. The van der Waals surface area contributed by atoms with Gasteiger partial charge in [-0.2, -0.15) is 0 Å². The summed E-state index contributed by atoms with van der Waals surface area (Å²) in [6.07, 6.45) is 4.82. The van der Waals surface area contributed by atoms with Crippen LogP contribution < -0.4 is 0 Å². The highest BCUT2D eigenvalue weighted by Crippen LogP contribution is 2.03. The van der Waals surface area contributed by atoms with E-state index in [9.17, 15) is 9.90 Å². The van der Waals surface area contributed by atoms with Crippen molar-refractivity contribution >= 4 is 5.78 Å². The van der Waals surface area contributed by atoms with E-state index < -0.39 is 6.10 Å². The molecule has 3 heteroatoms. The number of ketones is 1. The van der Waals surface area contributed by atoms with Gasteiger partial charge in [-0.3, -0.25) is 4.79 Å². The summed E-state index contributed by atoms with van der Waals surface area (Å²) in [6, 6.07) is 0. The van der Waals surface area contributed by atoms with Gasteiger partial charge >= 0.3 is 0 Å². The molecule has 1 atom stereocenters. The Morgan fingerprint density at radius 2 is 2.23 bits per heavy atom. The van der Waals surface area contributed by atoms with Crippen LogP contribution in [0.4, 0.5) is 0 Å². The molecule has 0 heterocycles. The molecule has 0 amide bonds. The lowest BCUT2D eigenvalue weighted by Crippen LogP contribution is -2.14. The van der Waals surface area contributed by atoms with Crippen LogP contribution in [0, 0.1) is 0 Å². The molecule has 0 saturated carbocycles. The van der Waals surface area contributed by atoms with Gasteiger partial charge in [0.2, 0.25) is 0 Å². The molecule has 0 aromatic rings. The zero-order valence-corrected chi connectivity index (χ0v) is 8.07. The van der Waals surface area contributed by atoms with E-state index >= 15 is 0 Å². The number of hydrogen-bond acceptors (Lipinski definition) is 3. The summed E-state index contributed by atoms with van der Waals surface area (Å²) in [4.78, 5) is 11.1. The summed E-state index contributed by atoms with van der Waals surface area (Å²) in [6.45, 7) is 1.84. The van der Waals surface area contributed by atoms with E-state index in [1.54, 1.807) is 0 Å². The second-order valence-corrected chi connectivity index (χ2v) is 3.02. The van der Waals surface area contributed by atoms with Gasteiger partial charge in [0.1, 0.15) is 5.78 Å². The van der Waals surface area contributed by atoms with Crippen molar-refractivity contribution in [2.45, 2.75) is 38.7 Å². The van der Waals surface area contributed by atoms with E-state index in [0.717, 1.165) is 6.42 Å². The fraction of sp³-hybridized carbons (Fsp3) is 0.700. The fourth-order valence-corrected chi connectivity index (χ4v) is 1.03. The standard InChI is InChI=1S/C10H18O3/c1-2-3-4-5-9(12)8-10(13)6-7-11/h2-3,10-11,13H,4-8H2,1H3/b3-2+. The molecule has 0 aliphatic carbocycles. The van der Waals surface area contributed by atoms with Gasteiger partial charge in [-0.1, -0.05) is 12.2 Å². The Morgan fingerprint density at radius 3 is 2.77 bits per heavy atom. The Labute approximate surface area is 79.1 Å². The zero-order valence-electron chi connectivity index (χ0n) is 8.07. The third-order valence-corrected chi connectivity index (χ3v) is 1.75. The first-order valence-electron chi connectivity index (χ1n) is 4.62. The molecule has 13 heavy (non-hydrogen) atoms. The molecule has 1 unspecified atom stereocenters. The normalized spacial score (nSPS) is 13.5. The van der Waals surface area contributed by atoms with E-state index in [0.29, 0.717) is 6.42 Å². The van der Waals surface area contributed by atoms with Gasteiger partial charge in [0.25, 0.3) is 0 Å². The predicted molar refractivity (Wildman–Crippen MR) is 51.4 cm³/mol. The zero-order chi connectivity index (χ0) is 10.1. The third kappa shape index (κ3) is 7.68. The lowest BCUT2D eigenvalue weighted by molar-refractivity contribution is -0.121. The largest absolute Gasteiger partial charge is 0.396 e. The lowest BCUT2D eigenvalue weighted by Gasteiger charge is -2.06. The van der Waals surface area contributed by atoms with Gasteiger partial charge in [-0.25, -0.2) is 0 Å². The van der Waals surface area contributed by atoms with E-state index in [1.165, 1.54) is 0 Å². The Hall–Kier alpha value is -0.670. The van der Waals surface area contributed by atoms with Gasteiger partial charge in [-0.05, 0) is 19.8 Å². The third-order valence-electron chi connectivity index (χ3n) is 1.75. The van der Waals surface area contributed by atoms with E-state index in [4.69, 9.17) is 5.11 Å². The number of aliphatic hydroxyl groups is 2. The molecule has 76 valence electrons. The van der Waals surface area contributed by atoms with Crippen LogP contribution in [0.25, 0.3) is 0 Å². The van der Waals surface area contributed by atoms with E-state index in [2.05, 4.69) is 0 Å². The molecule has 0 bridgehead atoms. The first kappa shape index (κ1) is 12.3. The maximum Gasteiger partial charge on any atom is 0.135 e. The van der Waals surface area contributed by atoms with E-state index in [1.807, 2.05) is 19.1 Å². The topological polar surface area (TPSA) is 57.5 Å². The number of allylic oxidation sites excluding steroid dienone is 2. The average molecular weight is 186 g/mol. The first-order valence-corrected chi connectivity index (χ1v) is 4.62. The SMILES string of the molecule is C/C=C/CCC(=O)CC(O)CCO. The number of Topliss-reactive ketones (excluding diaryl/α,β-unsaturated/α-hetero) is 1. The molecule has 0 aliphatic rings. The van der Waals surface area contributed by atoms with Gasteiger partial charge in [0.15, 0.2) is 0 Å². The molecular formula is C10H18O3. The van der Waals surface area contributed by atoms with Crippen molar-refractivity contribution in [2.24, 2.45) is 0 Å². The molecule has 0 aromatic heterocycles. The number of aliphatic hydroxyl groups excluding tert-OH is 2. The Morgan fingerprint density at radius 1 is 1.54 bits per heavy atom. The van der Waals surface area contributed by atoms with Gasteiger partial charge in [0.05, 0.1) is 6.10 Å². The molecule has 3 nitrogen and oxygen atoms in total. The second-order valence-electron chi connectivity index (χ2n) is 3.02. The molecule has 0 spiro atoms. The van der Waals surface area contributed by atoms with Gasteiger partial charge < -0.3 is 10.2 Å². The molecular weight excluding hydrogens is 168 g/mol. The predicted octanol–water partition coefficient (Wildman–Crippen LogP) is 1.05. The highest BCUT2D eigenvalue weighted by molar-refractivity contribution is 5.78. The van der Waals surface area contributed by atoms with Crippen LogP contribution in [0.3, 0.4) is 0 Å². The molecule has 0 saturated heterocycles. The number of hydrogen-bond donors (Lipinski definition) is 2. The summed E-state index contributed by atoms with van der Waals surface area (Å²) in [5.74, 6) is 0.0547. The first-order chi connectivity index (χ1) is 6.20. The van der Waals surface area contributed by atoms with Crippen molar-refractivity contribution in [3.8, 4) is 0 Å². The fourth-order valence-electron chi connectivity index (χ4n) is 1.03. The van der Waals surface area contributed by atoms with E-state index in [-0.39, 0.29) is 25.2 Å². The minimum Gasteiger partial charge on any atom is -0.396 e. The van der Waals surface area contributed by atoms with Crippen molar-refractivity contribution in [3.05, 3.63) is 12.2 Å². The number of rotatable bonds is 7. The van der Waals surface area contributed by atoms with Crippen LogP contribution in [0.5, 0.6) is 0 Å². The Balaban J connectivity index is 3.49. The molecule has 0 aromatic carbocycles. The molecule has 0 aliphatic heterocycles. The van der Waals surface area contributed by atoms with Crippen LogP contribution in [0.1, 0.15) is 32.6 Å². The molecule has 0 radical (unpaired) electrons. The summed E-state index contributed by atoms with van der Waals surface area (Å²) in [5, 5.41) is 17.7. The summed E-state index contributed by atoms with van der Waals surface area (Å²) in [7, 11) is 0.